The SMILES string of the molecule is CN(C(=O)NCCCCCCNC(=O)N1CCN(C(c2ccccc2)c2ccccc2)CC1)c1cccnc1. The van der Waals surface area contributed by atoms with E-state index in [9.17, 15) is 9.59 Å². The van der Waals surface area contributed by atoms with Crippen LogP contribution < -0.4 is 15.5 Å². The Bertz CT molecular complexity index is 1100. The standard InChI is InChI=1S/C31H40N6O2/c1-35(28-17-12-18-32-25-28)30(38)33-19-10-2-3-11-20-34-31(39)37-23-21-36(22-24-37)29(26-13-6-4-7-14-26)27-15-8-5-9-16-27/h4-9,12-18,25,29H,2-3,10-11,19-24H2,1H3,(H,33,38)(H,34,39). The highest BCUT2D eigenvalue weighted by Gasteiger charge is 2.28. The van der Waals surface area contributed by atoms with E-state index in [1.54, 1.807) is 24.3 Å². The lowest BCUT2D eigenvalue weighted by molar-refractivity contribution is 0.120. The smallest absolute Gasteiger partial charge is 0.321 e. The number of anilines is 1. The molecule has 206 valence electrons. The lowest BCUT2D eigenvalue weighted by Gasteiger charge is -2.39. The lowest BCUT2D eigenvalue weighted by Crippen LogP contribution is -2.52. The number of carbonyl (C=O) groups excluding carboxylic acids is 2. The van der Waals surface area contributed by atoms with Crippen molar-refractivity contribution in [3.8, 4) is 0 Å². The fraction of sp³-hybridized carbons (Fsp3) is 0.387. The highest BCUT2D eigenvalue weighted by molar-refractivity contribution is 5.91. The zero-order valence-electron chi connectivity index (χ0n) is 22.8. The predicted octanol–water partition coefficient (Wildman–Crippen LogP) is 4.90. The Morgan fingerprint density at radius 3 is 1.95 bits per heavy atom. The van der Waals surface area contributed by atoms with Gasteiger partial charge in [-0.25, -0.2) is 9.59 Å². The van der Waals surface area contributed by atoms with Crippen LogP contribution in [0.15, 0.2) is 85.2 Å². The molecule has 0 unspecified atom stereocenters. The van der Waals surface area contributed by atoms with Crippen molar-refractivity contribution in [1.29, 1.82) is 0 Å². The summed E-state index contributed by atoms with van der Waals surface area (Å²) < 4.78 is 0. The second-order valence-electron chi connectivity index (χ2n) is 9.90. The molecule has 0 saturated carbocycles. The van der Waals surface area contributed by atoms with Crippen molar-refractivity contribution >= 4 is 17.7 Å². The van der Waals surface area contributed by atoms with Gasteiger partial charge in [-0.2, -0.15) is 0 Å². The van der Waals surface area contributed by atoms with Gasteiger partial charge in [0, 0.05) is 52.5 Å². The number of amides is 4. The van der Waals surface area contributed by atoms with E-state index >= 15 is 0 Å². The summed E-state index contributed by atoms with van der Waals surface area (Å²) in [5.41, 5.74) is 3.32. The number of rotatable bonds is 11. The number of piperazine rings is 1. The van der Waals surface area contributed by atoms with E-state index < -0.39 is 0 Å². The number of carbonyl (C=O) groups is 2. The maximum atomic E-state index is 12.7. The molecular weight excluding hydrogens is 488 g/mol. The predicted molar refractivity (Wildman–Crippen MR) is 156 cm³/mol. The molecule has 1 aliphatic heterocycles. The molecule has 4 rings (SSSR count). The average molecular weight is 529 g/mol. The second-order valence-corrected chi connectivity index (χ2v) is 9.90. The molecule has 3 aromatic rings. The molecular formula is C31H40N6O2. The van der Waals surface area contributed by atoms with E-state index in [0.29, 0.717) is 13.1 Å². The van der Waals surface area contributed by atoms with Crippen LogP contribution in [0.4, 0.5) is 15.3 Å². The minimum Gasteiger partial charge on any atom is -0.338 e. The summed E-state index contributed by atoms with van der Waals surface area (Å²) in [6.45, 7) is 4.41. The van der Waals surface area contributed by atoms with Crippen molar-refractivity contribution in [2.75, 3.05) is 51.2 Å². The third-order valence-electron chi connectivity index (χ3n) is 7.19. The third-order valence-corrected chi connectivity index (χ3v) is 7.19. The van der Waals surface area contributed by atoms with E-state index in [4.69, 9.17) is 0 Å². The molecule has 0 radical (unpaired) electrons. The fourth-order valence-corrected chi connectivity index (χ4v) is 4.96. The Kier molecular flexibility index (Phi) is 10.7. The first-order valence-corrected chi connectivity index (χ1v) is 13.9. The Labute approximate surface area is 232 Å². The largest absolute Gasteiger partial charge is 0.338 e. The number of aromatic nitrogens is 1. The van der Waals surface area contributed by atoms with Crippen LogP contribution in [0.5, 0.6) is 0 Å². The molecule has 8 heteroatoms. The first-order valence-electron chi connectivity index (χ1n) is 13.9. The molecule has 1 aromatic heterocycles. The van der Waals surface area contributed by atoms with Gasteiger partial charge in [0.25, 0.3) is 0 Å². The van der Waals surface area contributed by atoms with Gasteiger partial charge >= 0.3 is 12.1 Å². The Hall–Kier alpha value is -3.91. The zero-order valence-corrected chi connectivity index (χ0v) is 22.8. The zero-order chi connectivity index (χ0) is 27.3. The molecule has 8 nitrogen and oxygen atoms in total. The summed E-state index contributed by atoms with van der Waals surface area (Å²) in [4.78, 5) is 35.0. The van der Waals surface area contributed by atoms with Crippen LogP contribution >= 0.6 is 0 Å². The average Bonchev–Trinajstić information content (AvgIpc) is 3.00. The molecule has 0 bridgehead atoms. The molecule has 39 heavy (non-hydrogen) atoms. The number of urea groups is 2. The molecule has 2 N–H and O–H groups in total. The monoisotopic (exact) mass is 528 g/mol. The van der Waals surface area contributed by atoms with Gasteiger partial charge in [0.1, 0.15) is 0 Å². The van der Waals surface area contributed by atoms with E-state index in [2.05, 4.69) is 81.2 Å². The third kappa shape index (κ3) is 8.29. The first-order chi connectivity index (χ1) is 19.1. The molecule has 0 spiro atoms. The Morgan fingerprint density at radius 2 is 1.38 bits per heavy atom. The summed E-state index contributed by atoms with van der Waals surface area (Å²) in [6, 6.07) is 25.0. The van der Waals surface area contributed by atoms with Crippen LogP contribution in [0.2, 0.25) is 0 Å². The van der Waals surface area contributed by atoms with E-state index in [0.717, 1.165) is 57.5 Å². The van der Waals surface area contributed by atoms with Gasteiger partial charge in [-0.1, -0.05) is 73.5 Å². The normalized spacial score (nSPS) is 13.7. The lowest BCUT2D eigenvalue weighted by atomic mass is 9.96. The molecule has 1 fully saturated rings. The summed E-state index contributed by atoms with van der Waals surface area (Å²) in [5, 5.41) is 6.03. The van der Waals surface area contributed by atoms with Gasteiger partial charge in [-0.3, -0.25) is 14.8 Å². The molecule has 1 saturated heterocycles. The number of pyridine rings is 1. The van der Waals surface area contributed by atoms with Crippen molar-refractivity contribution in [1.82, 2.24) is 25.4 Å². The molecule has 2 heterocycles. The van der Waals surface area contributed by atoms with Gasteiger partial charge < -0.3 is 15.5 Å². The van der Waals surface area contributed by atoms with E-state index in [-0.39, 0.29) is 18.1 Å². The maximum absolute atomic E-state index is 12.7. The summed E-state index contributed by atoms with van der Waals surface area (Å²) >= 11 is 0. The minimum atomic E-state index is -0.130. The quantitative estimate of drug-likeness (QED) is 0.347. The van der Waals surface area contributed by atoms with E-state index in [1.165, 1.54) is 11.1 Å². The fourth-order valence-electron chi connectivity index (χ4n) is 4.96. The Balaban J connectivity index is 1.11. The molecule has 1 aliphatic rings. The number of benzene rings is 2. The minimum absolute atomic E-state index is 0.0244. The van der Waals surface area contributed by atoms with Crippen LogP contribution in [0, 0.1) is 0 Å². The van der Waals surface area contributed by atoms with Crippen molar-refractivity contribution in [3.05, 3.63) is 96.3 Å². The van der Waals surface area contributed by atoms with Crippen molar-refractivity contribution in [2.24, 2.45) is 0 Å². The van der Waals surface area contributed by atoms with Crippen LogP contribution in [0.3, 0.4) is 0 Å². The van der Waals surface area contributed by atoms with Crippen molar-refractivity contribution in [2.45, 2.75) is 31.7 Å². The number of hydrogen-bond donors (Lipinski definition) is 2. The maximum Gasteiger partial charge on any atom is 0.321 e. The highest BCUT2D eigenvalue weighted by Crippen LogP contribution is 2.29. The molecule has 4 amide bonds. The van der Waals surface area contributed by atoms with Crippen LogP contribution in [-0.2, 0) is 0 Å². The van der Waals surface area contributed by atoms with Gasteiger partial charge in [-0.15, -0.1) is 0 Å². The van der Waals surface area contributed by atoms with Crippen LogP contribution in [0.25, 0.3) is 0 Å². The van der Waals surface area contributed by atoms with Crippen molar-refractivity contribution < 1.29 is 9.59 Å². The van der Waals surface area contributed by atoms with Crippen molar-refractivity contribution in [3.63, 3.8) is 0 Å². The number of unbranched alkanes of at least 4 members (excludes halogenated alkanes) is 3. The molecule has 0 aliphatic carbocycles. The van der Waals surface area contributed by atoms with Gasteiger partial charge in [-0.05, 0) is 36.1 Å². The van der Waals surface area contributed by atoms with E-state index in [1.807, 2.05) is 17.0 Å². The molecule has 0 atom stereocenters. The topological polar surface area (TPSA) is 80.8 Å². The van der Waals surface area contributed by atoms with Gasteiger partial charge in [0.15, 0.2) is 0 Å². The first kappa shape index (κ1) is 28.1. The summed E-state index contributed by atoms with van der Waals surface area (Å²) in [6.07, 6.45) is 7.21. The second kappa shape index (κ2) is 14.9. The number of nitrogens with zero attached hydrogens (tertiary/aromatic N) is 4. The Morgan fingerprint density at radius 1 is 0.795 bits per heavy atom. The molecule has 2 aromatic carbocycles. The van der Waals surface area contributed by atoms with Gasteiger partial charge in [0.2, 0.25) is 0 Å². The number of nitrogens with one attached hydrogen (secondary N) is 2. The highest BCUT2D eigenvalue weighted by atomic mass is 16.2. The number of hydrogen-bond acceptors (Lipinski definition) is 4. The summed E-state index contributed by atoms with van der Waals surface area (Å²) in [5.74, 6) is 0. The summed E-state index contributed by atoms with van der Waals surface area (Å²) in [7, 11) is 1.74. The van der Waals surface area contributed by atoms with Crippen LogP contribution in [-0.4, -0.2) is 73.2 Å². The van der Waals surface area contributed by atoms with Crippen LogP contribution in [0.1, 0.15) is 42.9 Å². The van der Waals surface area contributed by atoms with Gasteiger partial charge in [0.05, 0.1) is 17.9 Å².